The minimum Gasteiger partial charge on any atom is -0.488 e. The molecule has 0 radical (unpaired) electrons. The number of benzene rings is 2. The molecule has 4 aliphatic heterocycles. The van der Waals surface area contributed by atoms with Gasteiger partial charge in [0, 0.05) is 49.7 Å². The monoisotopic (exact) mass is 470 g/mol. The van der Waals surface area contributed by atoms with Gasteiger partial charge in [-0.05, 0) is 43.9 Å². The molecule has 2 amide bonds. The van der Waals surface area contributed by atoms with Gasteiger partial charge in [-0.15, -0.1) is 0 Å². The van der Waals surface area contributed by atoms with Gasteiger partial charge >= 0.3 is 0 Å². The molecule has 4 fully saturated rings. The Hall–Kier alpha value is -3.52. The number of morpholine rings is 1. The van der Waals surface area contributed by atoms with Gasteiger partial charge in [-0.25, -0.2) is 4.98 Å². The lowest BCUT2D eigenvalue weighted by Crippen LogP contribution is -2.57. The number of fused-ring (bicyclic) bond motifs is 4. The summed E-state index contributed by atoms with van der Waals surface area (Å²) in [6.45, 7) is 1.76. The van der Waals surface area contributed by atoms with E-state index in [-0.39, 0.29) is 24.0 Å². The molecule has 8 heteroatoms. The molecule has 2 bridgehead atoms. The molecule has 178 valence electrons. The van der Waals surface area contributed by atoms with Crippen LogP contribution in [0.2, 0.25) is 0 Å². The molecule has 2 atom stereocenters. The predicted octanol–water partition coefficient (Wildman–Crippen LogP) is 3.59. The van der Waals surface area contributed by atoms with Crippen LogP contribution in [0.1, 0.15) is 52.8 Å². The van der Waals surface area contributed by atoms with Crippen molar-refractivity contribution in [3.63, 3.8) is 0 Å². The maximum Gasteiger partial charge on any atom is 0.261 e. The molecule has 1 saturated carbocycles. The third-order valence-electron chi connectivity index (χ3n) is 7.78. The quantitative estimate of drug-likeness (QED) is 0.539. The number of nitrogens with zero attached hydrogens (tertiary/aromatic N) is 4. The summed E-state index contributed by atoms with van der Waals surface area (Å²) in [4.78, 5) is 38.7. The second-order valence-corrected chi connectivity index (χ2v) is 9.96. The zero-order valence-electron chi connectivity index (χ0n) is 19.3. The van der Waals surface area contributed by atoms with E-state index in [4.69, 9.17) is 9.47 Å². The lowest BCUT2D eigenvalue weighted by molar-refractivity contribution is -0.133. The third kappa shape index (κ3) is 3.46. The Kier molecular flexibility index (Phi) is 4.77. The normalized spacial score (nSPS) is 27.7. The number of rotatable bonds is 4. The minimum atomic E-state index is -0.174. The van der Waals surface area contributed by atoms with Crippen LogP contribution in [-0.2, 0) is 4.74 Å². The number of anilines is 1. The van der Waals surface area contributed by atoms with E-state index >= 15 is 0 Å². The summed E-state index contributed by atoms with van der Waals surface area (Å²) >= 11 is 0. The highest BCUT2D eigenvalue weighted by Gasteiger charge is 2.41. The Balaban J connectivity index is 1.08. The second-order valence-electron chi connectivity index (χ2n) is 9.96. The van der Waals surface area contributed by atoms with E-state index < -0.39 is 0 Å². The number of carbonyl (C=O) groups is 2. The van der Waals surface area contributed by atoms with E-state index in [1.807, 2.05) is 0 Å². The molecule has 3 aromatic rings. The van der Waals surface area contributed by atoms with Crippen LogP contribution in [0.25, 0.3) is 11.0 Å². The van der Waals surface area contributed by atoms with Gasteiger partial charge in [-0.3, -0.25) is 19.5 Å². The lowest BCUT2D eigenvalue weighted by Gasteiger charge is -2.48. The number of carbonyl (C=O) groups excluding carboxylic acids is 2. The van der Waals surface area contributed by atoms with Crippen LogP contribution in [0.3, 0.4) is 0 Å². The Morgan fingerprint density at radius 1 is 0.886 bits per heavy atom. The Morgan fingerprint density at radius 2 is 1.54 bits per heavy atom. The number of aromatic nitrogens is 2. The summed E-state index contributed by atoms with van der Waals surface area (Å²) in [6.07, 6.45) is 8.17. The molecule has 1 aliphatic carbocycles. The van der Waals surface area contributed by atoms with Crippen molar-refractivity contribution in [2.24, 2.45) is 0 Å². The van der Waals surface area contributed by atoms with E-state index in [0.29, 0.717) is 23.3 Å². The standard InChI is InChI=1S/C27H26N4O4/c32-26-21-3-1-2-4-22(21)27(33)31(26)16-5-7-18(8-6-16)35-24-12-17(11-23-25(24)29-10-9-28-23)30-14-19-13-20(15-30)34-19/h1-4,9-12,16,18-20H,5-8,13-15H2/t16-,18+,19?,20?. The van der Waals surface area contributed by atoms with E-state index in [9.17, 15) is 9.59 Å². The van der Waals surface area contributed by atoms with Crippen molar-refractivity contribution in [2.75, 3.05) is 18.0 Å². The van der Waals surface area contributed by atoms with E-state index in [0.717, 1.165) is 67.7 Å². The van der Waals surface area contributed by atoms with Gasteiger partial charge in [-0.1, -0.05) is 12.1 Å². The minimum absolute atomic E-state index is 0.0000181. The Labute approximate surface area is 202 Å². The first kappa shape index (κ1) is 20.8. The molecule has 2 unspecified atom stereocenters. The fourth-order valence-electron chi connectivity index (χ4n) is 6.01. The van der Waals surface area contributed by atoms with Crippen molar-refractivity contribution >= 4 is 28.5 Å². The highest BCUT2D eigenvalue weighted by atomic mass is 16.5. The predicted molar refractivity (Wildman–Crippen MR) is 129 cm³/mol. The Bertz CT molecular complexity index is 1280. The average Bonchev–Trinajstić information content (AvgIpc) is 3.14. The number of imide groups is 1. The molecule has 5 aliphatic rings. The van der Waals surface area contributed by atoms with E-state index in [1.165, 1.54) is 4.90 Å². The molecule has 35 heavy (non-hydrogen) atoms. The van der Waals surface area contributed by atoms with Crippen molar-refractivity contribution in [3.05, 3.63) is 59.9 Å². The van der Waals surface area contributed by atoms with Crippen LogP contribution < -0.4 is 9.64 Å². The van der Waals surface area contributed by atoms with Gasteiger partial charge < -0.3 is 14.4 Å². The number of hydrogen-bond donors (Lipinski definition) is 0. The fourth-order valence-corrected chi connectivity index (χ4v) is 6.01. The van der Waals surface area contributed by atoms with Crippen LogP contribution >= 0.6 is 0 Å². The fraction of sp³-hybridized carbons (Fsp3) is 0.407. The molecule has 3 saturated heterocycles. The van der Waals surface area contributed by atoms with Gasteiger partial charge in [0.15, 0.2) is 0 Å². The topological polar surface area (TPSA) is 84.9 Å². The Morgan fingerprint density at radius 3 is 2.23 bits per heavy atom. The number of amides is 2. The largest absolute Gasteiger partial charge is 0.488 e. The SMILES string of the molecule is O=C1c2ccccc2C(=O)N1[C@H]1CC[C@@H](Oc2cc(N3CC4CC(C3)O4)cc3nccnc23)CC1. The van der Waals surface area contributed by atoms with E-state index in [2.05, 4.69) is 27.0 Å². The smallest absolute Gasteiger partial charge is 0.261 e. The van der Waals surface area contributed by atoms with Crippen molar-refractivity contribution in [2.45, 2.75) is 56.5 Å². The molecule has 2 aromatic carbocycles. The summed E-state index contributed by atoms with van der Waals surface area (Å²) < 4.78 is 12.3. The van der Waals surface area contributed by atoms with Crippen LogP contribution in [-0.4, -0.2) is 64.1 Å². The van der Waals surface area contributed by atoms with Gasteiger partial charge in [-0.2, -0.15) is 0 Å². The maximum atomic E-state index is 12.9. The van der Waals surface area contributed by atoms with Crippen molar-refractivity contribution in [3.8, 4) is 5.75 Å². The number of ether oxygens (including phenoxy) is 2. The highest BCUT2D eigenvalue weighted by Crippen LogP contribution is 2.37. The zero-order chi connectivity index (χ0) is 23.5. The first-order valence-electron chi connectivity index (χ1n) is 12.4. The van der Waals surface area contributed by atoms with Crippen molar-refractivity contribution < 1.29 is 19.1 Å². The summed E-state index contributed by atoms with van der Waals surface area (Å²) in [5.74, 6) is 0.398. The third-order valence-corrected chi connectivity index (χ3v) is 7.78. The summed E-state index contributed by atoms with van der Waals surface area (Å²) in [5.41, 5.74) is 3.69. The van der Waals surface area contributed by atoms with Crippen LogP contribution in [0.4, 0.5) is 5.69 Å². The summed E-state index contributed by atoms with van der Waals surface area (Å²) in [7, 11) is 0. The molecule has 1 aromatic heterocycles. The molecular formula is C27H26N4O4. The van der Waals surface area contributed by atoms with Crippen LogP contribution in [0, 0.1) is 0 Å². The molecule has 8 rings (SSSR count). The zero-order valence-corrected chi connectivity index (χ0v) is 19.3. The maximum absolute atomic E-state index is 12.9. The molecule has 5 heterocycles. The second kappa shape index (κ2) is 8.02. The first-order chi connectivity index (χ1) is 17.1. The number of hydrogen-bond acceptors (Lipinski definition) is 7. The van der Waals surface area contributed by atoms with E-state index in [1.54, 1.807) is 36.7 Å². The molecule has 0 N–H and O–H groups in total. The first-order valence-corrected chi connectivity index (χ1v) is 12.4. The van der Waals surface area contributed by atoms with Crippen LogP contribution in [0.15, 0.2) is 48.8 Å². The van der Waals surface area contributed by atoms with Crippen molar-refractivity contribution in [1.82, 2.24) is 14.9 Å². The molecule has 8 nitrogen and oxygen atoms in total. The van der Waals surface area contributed by atoms with Crippen LogP contribution in [0.5, 0.6) is 5.75 Å². The van der Waals surface area contributed by atoms with Gasteiger partial charge in [0.25, 0.3) is 11.8 Å². The number of piperidine rings is 1. The van der Waals surface area contributed by atoms with Gasteiger partial charge in [0.2, 0.25) is 0 Å². The summed E-state index contributed by atoms with van der Waals surface area (Å²) in [6, 6.07) is 11.2. The average molecular weight is 471 g/mol. The molecular weight excluding hydrogens is 444 g/mol. The van der Waals surface area contributed by atoms with Gasteiger partial charge in [0.1, 0.15) is 11.3 Å². The lowest BCUT2D eigenvalue weighted by atomic mass is 9.91. The molecule has 0 spiro atoms. The van der Waals surface area contributed by atoms with Gasteiger partial charge in [0.05, 0.1) is 35.0 Å². The highest BCUT2D eigenvalue weighted by molar-refractivity contribution is 6.21. The van der Waals surface area contributed by atoms with Crippen molar-refractivity contribution in [1.29, 1.82) is 0 Å². The summed E-state index contributed by atoms with van der Waals surface area (Å²) in [5, 5.41) is 0.